The van der Waals surface area contributed by atoms with Crippen molar-refractivity contribution in [1.82, 2.24) is 5.32 Å². The first-order valence-corrected chi connectivity index (χ1v) is 14.4. The van der Waals surface area contributed by atoms with Crippen LogP contribution in [0, 0.1) is 40.4 Å². The molecule has 7 heteroatoms. The van der Waals surface area contributed by atoms with Crippen LogP contribution in [-0.2, 0) is 14.4 Å². The van der Waals surface area contributed by atoms with E-state index < -0.39 is 11.6 Å². The third kappa shape index (κ3) is 4.77. The quantitative estimate of drug-likeness (QED) is 0.441. The molecule has 7 nitrogen and oxygen atoms in total. The minimum Gasteiger partial charge on any atom is -0.481 e. The molecule has 0 radical (unpaired) electrons. The van der Waals surface area contributed by atoms with Gasteiger partial charge in [-0.05, 0) is 112 Å². The zero-order chi connectivity index (χ0) is 26.4. The molecule has 5 aliphatic rings. The molecule has 37 heavy (non-hydrogen) atoms. The molecule has 1 amide bonds. The first-order valence-electron chi connectivity index (χ1n) is 14.4. The monoisotopic (exact) mass is 512 g/mol. The minimum absolute atomic E-state index is 0.0226. The van der Waals surface area contributed by atoms with E-state index in [1.54, 1.807) is 0 Å². The molecule has 204 valence electrons. The number of carbonyl (C=O) groups is 2. The summed E-state index contributed by atoms with van der Waals surface area (Å²) >= 11 is 0. The molecule has 6 atom stereocenters. The first kappa shape index (κ1) is 26.5. The van der Waals surface area contributed by atoms with E-state index in [9.17, 15) is 14.7 Å². The fourth-order valence-electron chi connectivity index (χ4n) is 8.60. The summed E-state index contributed by atoms with van der Waals surface area (Å²) in [5, 5.41) is 27.4. The maximum atomic E-state index is 12.2. The SMILES string of the molecule is C[C@]12C=C/C(=N\OCC(=O)NCC3CCC(C(=O)O)CC3)C=C1CC[C@H]1[C@H]2CC[C@@]2(C)[C@H]1CC[C@]2(C)O. The Bertz CT molecular complexity index is 1010. The van der Waals surface area contributed by atoms with Gasteiger partial charge in [-0.25, -0.2) is 0 Å². The lowest BCUT2D eigenvalue weighted by atomic mass is 9.47. The van der Waals surface area contributed by atoms with Crippen molar-refractivity contribution in [2.75, 3.05) is 13.2 Å². The number of nitrogens with zero attached hydrogens (tertiary/aromatic N) is 1. The molecule has 0 unspecified atom stereocenters. The fraction of sp³-hybridized carbons (Fsp3) is 0.767. The molecule has 3 N–H and O–H groups in total. The van der Waals surface area contributed by atoms with Gasteiger partial charge in [0.2, 0.25) is 0 Å². The Morgan fingerprint density at radius 1 is 1.05 bits per heavy atom. The average Bonchev–Trinajstić information content (AvgIpc) is 3.11. The Hall–Kier alpha value is -2.15. The zero-order valence-electron chi connectivity index (χ0n) is 22.7. The van der Waals surface area contributed by atoms with Crippen LogP contribution in [0.1, 0.15) is 85.0 Å². The highest BCUT2D eigenvalue weighted by Crippen LogP contribution is 2.66. The van der Waals surface area contributed by atoms with Gasteiger partial charge in [-0.2, -0.15) is 0 Å². The maximum Gasteiger partial charge on any atom is 0.306 e. The lowest BCUT2D eigenvalue weighted by Gasteiger charge is -2.58. The van der Waals surface area contributed by atoms with Crippen LogP contribution in [0.2, 0.25) is 0 Å². The number of carboxylic acid groups (broad SMARTS) is 1. The van der Waals surface area contributed by atoms with Crippen molar-refractivity contribution in [3.05, 3.63) is 23.8 Å². The van der Waals surface area contributed by atoms with E-state index in [2.05, 4.69) is 43.4 Å². The summed E-state index contributed by atoms with van der Waals surface area (Å²) in [6, 6.07) is 0. The average molecular weight is 513 g/mol. The number of aliphatic hydroxyl groups is 1. The Morgan fingerprint density at radius 3 is 2.51 bits per heavy atom. The highest BCUT2D eigenvalue weighted by molar-refractivity contribution is 6.05. The second-order valence-corrected chi connectivity index (χ2v) is 13.1. The predicted octanol–water partition coefficient (Wildman–Crippen LogP) is 4.86. The van der Waals surface area contributed by atoms with Crippen molar-refractivity contribution in [3.8, 4) is 0 Å². The van der Waals surface area contributed by atoms with Crippen molar-refractivity contribution in [3.63, 3.8) is 0 Å². The van der Waals surface area contributed by atoms with Crippen LogP contribution >= 0.6 is 0 Å². The van der Waals surface area contributed by atoms with Gasteiger partial charge in [0.1, 0.15) is 5.71 Å². The van der Waals surface area contributed by atoms with Gasteiger partial charge in [0.25, 0.3) is 5.91 Å². The molecule has 0 aliphatic heterocycles. The number of carboxylic acids is 1. The number of aliphatic carboxylic acids is 1. The van der Waals surface area contributed by atoms with Crippen molar-refractivity contribution in [1.29, 1.82) is 0 Å². The fourth-order valence-corrected chi connectivity index (χ4v) is 8.60. The molecule has 0 saturated heterocycles. The summed E-state index contributed by atoms with van der Waals surface area (Å²) in [5.74, 6) is 1.03. The topological polar surface area (TPSA) is 108 Å². The number of allylic oxidation sites excluding steroid dienone is 4. The first-order chi connectivity index (χ1) is 17.5. The summed E-state index contributed by atoms with van der Waals surface area (Å²) in [7, 11) is 0. The number of rotatable bonds is 6. The Labute approximate surface area is 220 Å². The lowest BCUT2D eigenvalue weighted by molar-refractivity contribution is -0.143. The number of hydrogen-bond donors (Lipinski definition) is 3. The third-order valence-corrected chi connectivity index (χ3v) is 11.3. The number of carbonyl (C=O) groups excluding carboxylic acids is 1. The van der Waals surface area contributed by atoms with Crippen LogP contribution in [0.3, 0.4) is 0 Å². The number of nitrogens with one attached hydrogen (secondary N) is 1. The summed E-state index contributed by atoms with van der Waals surface area (Å²) in [6.07, 6.45) is 16.0. The molecule has 0 aromatic carbocycles. The van der Waals surface area contributed by atoms with Crippen molar-refractivity contribution >= 4 is 17.6 Å². The van der Waals surface area contributed by atoms with E-state index in [1.807, 2.05) is 6.08 Å². The molecule has 0 heterocycles. The molecule has 0 spiro atoms. The van der Waals surface area contributed by atoms with E-state index in [0.717, 1.165) is 50.7 Å². The van der Waals surface area contributed by atoms with Crippen LogP contribution in [-0.4, -0.2) is 46.6 Å². The smallest absolute Gasteiger partial charge is 0.306 e. The largest absolute Gasteiger partial charge is 0.481 e. The van der Waals surface area contributed by atoms with E-state index >= 15 is 0 Å². The van der Waals surface area contributed by atoms with Gasteiger partial charge in [-0.3, -0.25) is 9.59 Å². The minimum atomic E-state index is -0.708. The van der Waals surface area contributed by atoms with E-state index in [4.69, 9.17) is 9.94 Å². The second-order valence-electron chi connectivity index (χ2n) is 13.1. The molecular weight excluding hydrogens is 468 g/mol. The van der Waals surface area contributed by atoms with Crippen molar-refractivity contribution < 1.29 is 24.6 Å². The summed E-state index contributed by atoms with van der Waals surface area (Å²) in [4.78, 5) is 28.7. The Balaban J connectivity index is 1.13. The molecule has 0 aromatic heterocycles. The molecule has 0 bridgehead atoms. The summed E-state index contributed by atoms with van der Waals surface area (Å²) in [5.41, 5.74) is 1.67. The Kier molecular flexibility index (Phi) is 7.05. The predicted molar refractivity (Wildman–Crippen MR) is 142 cm³/mol. The molecule has 0 aromatic rings. The highest BCUT2D eigenvalue weighted by Gasteiger charge is 2.61. The zero-order valence-corrected chi connectivity index (χ0v) is 22.7. The van der Waals surface area contributed by atoms with Crippen LogP contribution in [0.15, 0.2) is 29.0 Å². The molecule has 5 rings (SSSR count). The van der Waals surface area contributed by atoms with E-state index in [-0.39, 0.29) is 29.3 Å². The normalized spacial score (nSPS) is 43.8. The maximum absolute atomic E-state index is 12.2. The van der Waals surface area contributed by atoms with Crippen LogP contribution in [0.25, 0.3) is 0 Å². The van der Waals surface area contributed by atoms with Gasteiger partial charge in [0, 0.05) is 12.0 Å². The molecule has 4 fully saturated rings. The van der Waals surface area contributed by atoms with Gasteiger partial charge < -0.3 is 20.4 Å². The number of hydrogen-bond acceptors (Lipinski definition) is 5. The number of fused-ring (bicyclic) bond motifs is 5. The van der Waals surface area contributed by atoms with Crippen molar-refractivity contribution in [2.24, 2.45) is 45.6 Å². The summed E-state index contributed by atoms with van der Waals surface area (Å²) < 4.78 is 0. The van der Waals surface area contributed by atoms with Crippen LogP contribution < -0.4 is 5.32 Å². The summed E-state index contributed by atoms with van der Waals surface area (Å²) in [6.45, 7) is 7.20. The van der Waals surface area contributed by atoms with E-state index in [1.165, 1.54) is 12.0 Å². The Morgan fingerprint density at radius 2 is 1.78 bits per heavy atom. The van der Waals surface area contributed by atoms with Gasteiger partial charge >= 0.3 is 5.97 Å². The highest BCUT2D eigenvalue weighted by atomic mass is 16.6. The van der Waals surface area contributed by atoms with E-state index in [0.29, 0.717) is 43.1 Å². The van der Waals surface area contributed by atoms with Crippen LogP contribution in [0.4, 0.5) is 0 Å². The second kappa shape index (κ2) is 9.87. The van der Waals surface area contributed by atoms with Crippen molar-refractivity contribution in [2.45, 2.75) is 90.6 Å². The number of oxime groups is 1. The molecular formula is C30H44N2O5. The standard InChI is InChI=1S/C30H44N2O5/c1-28-13-10-22(32-37-18-26(33)31-17-19-4-6-20(7-5-19)27(34)35)16-21(28)8-9-23-24(28)11-14-29(2)25(23)12-15-30(29,3)36/h10,13,16,19-20,23-25,36H,4-9,11-12,14-15,17-18H2,1-3H3,(H,31,33)(H,34,35)/b32-22+/t19?,20?,23-,24+,25-,28-,29-,30-/m0/s1. The van der Waals surface area contributed by atoms with Gasteiger partial charge in [-0.15, -0.1) is 0 Å². The third-order valence-electron chi connectivity index (χ3n) is 11.3. The van der Waals surface area contributed by atoms with Crippen LogP contribution in [0.5, 0.6) is 0 Å². The van der Waals surface area contributed by atoms with Gasteiger partial charge in [0.15, 0.2) is 6.61 Å². The molecule has 5 aliphatic carbocycles. The number of amides is 1. The van der Waals surface area contributed by atoms with Gasteiger partial charge in [-0.1, -0.05) is 30.7 Å². The van der Waals surface area contributed by atoms with Gasteiger partial charge in [0.05, 0.1) is 11.5 Å². The lowest BCUT2D eigenvalue weighted by Crippen LogP contribution is -2.53. The molecule has 4 saturated carbocycles.